The van der Waals surface area contributed by atoms with E-state index >= 15 is 0 Å². The molecule has 0 saturated heterocycles. The van der Waals surface area contributed by atoms with Crippen LogP contribution in [0.15, 0.2) is 12.1 Å². The topological polar surface area (TPSA) is 76.0 Å². The molecule has 1 aromatic carbocycles. The Kier molecular flexibility index (Phi) is 4.64. The van der Waals surface area contributed by atoms with Gasteiger partial charge in [-0.1, -0.05) is 27.7 Å². The van der Waals surface area contributed by atoms with Gasteiger partial charge in [0.05, 0.1) is 6.61 Å². The number of phenols is 1. The fourth-order valence-corrected chi connectivity index (χ4v) is 1.79. The summed E-state index contributed by atoms with van der Waals surface area (Å²) in [5, 5.41) is 18.8. The molecule has 0 aliphatic heterocycles. The van der Waals surface area contributed by atoms with Gasteiger partial charge in [0.25, 0.3) is 0 Å². The SMILES string of the molecule is CCCOc1ccc(OC(=O)O)c(O)c1C(C)(C)C. The van der Waals surface area contributed by atoms with Crippen molar-refractivity contribution < 1.29 is 24.5 Å². The highest BCUT2D eigenvalue weighted by molar-refractivity contribution is 5.65. The van der Waals surface area contributed by atoms with Gasteiger partial charge in [-0.2, -0.15) is 0 Å². The van der Waals surface area contributed by atoms with E-state index in [1.54, 1.807) is 6.07 Å². The Morgan fingerprint density at radius 2 is 1.84 bits per heavy atom. The monoisotopic (exact) mass is 268 g/mol. The molecule has 0 amide bonds. The second-order valence-corrected chi connectivity index (χ2v) is 5.25. The van der Waals surface area contributed by atoms with Crippen molar-refractivity contribution in [3.63, 3.8) is 0 Å². The number of hydrogen-bond acceptors (Lipinski definition) is 4. The van der Waals surface area contributed by atoms with Crippen molar-refractivity contribution in [2.75, 3.05) is 6.61 Å². The van der Waals surface area contributed by atoms with E-state index in [1.807, 2.05) is 27.7 Å². The molecule has 19 heavy (non-hydrogen) atoms. The largest absolute Gasteiger partial charge is 0.511 e. The molecule has 0 aliphatic rings. The summed E-state index contributed by atoms with van der Waals surface area (Å²) < 4.78 is 10.1. The summed E-state index contributed by atoms with van der Waals surface area (Å²) in [5.41, 5.74) is 0.144. The Bertz CT molecular complexity index is 460. The molecule has 0 bridgehead atoms. The average molecular weight is 268 g/mol. The van der Waals surface area contributed by atoms with Crippen LogP contribution in [0.25, 0.3) is 0 Å². The third kappa shape index (κ3) is 3.77. The van der Waals surface area contributed by atoms with Crippen LogP contribution in [0.1, 0.15) is 39.7 Å². The average Bonchev–Trinajstić information content (AvgIpc) is 2.27. The van der Waals surface area contributed by atoms with Gasteiger partial charge in [0.1, 0.15) is 5.75 Å². The first-order valence-electron chi connectivity index (χ1n) is 6.17. The van der Waals surface area contributed by atoms with Crippen LogP contribution in [0.3, 0.4) is 0 Å². The van der Waals surface area contributed by atoms with E-state index in [9.17, 15) is 9.90 Å². The molecular formula is C14H20O5. The zero-order valence-electron chi connectivity index (χ0n) is 11.7. The standard InChI is InChI=1S/C14H20O5/c1-5-8-18-9-6-7-10(19-13(16)17)12(15)11(9)14(2,3)4/h6-7,15H,5,8H2,1-4H3,(H,16,17). The van der Waals surface area contributed by atoms with E-state index in [1.165, 1.54) is 6.07 Å². The van der Waals surface area contributed by atoms with Crippen molar-refractivity contribution >= 4 is 6.16 Å². The Morgan fingerprint density at radius 1 is 1.26 bits per heavy atom. The van der Waals surface area contributed by atoms with Gasteiger partial charge in [-0.05, 0) is 24.0 Å². The number of phenolic OH excluding ortho intramolecular Hbond substituents is 1. The predicted octanol–water partition coefficient (Wildman–Crippen LogP) is 3.54. The smallest absolute Gasteiger partial charge is 0.504 e. The van der Waals surface area contributed by atoms with Gasteiger partial charge in [0.15, 0.2) is 11.5 Å². The van der Waals surface area contributed by atoms with Crippen molar-refractivity contribution in [3.8, 4) is 17.2 Å². The van der Waals surface area contributed by atoms with Crippen LogP contribution >= 0.6 is 0 Å². The van der Waals surface area contributed by atoms with Gasteiger partial charge in [0, 0.05) is 5.56 Å². The fraction of sp³-hybridized carbons (Fsp3) is 0.500. The summed E-state index contributed by atoms with van der Waals surface area (Å²) in [6.07, 6.45) is -0.616. The molecule has 106 valence electrons. The molecule has 0 unspecified atom stereocenters. The van der Waals surface area contributed by atoms with Crippen LogP contribution in [0.5, 0.6) is 17.2 Å². The second kappa shape index (κ2) is 5.82. The highest BCUT2D eigenvalue weighted by atomic mass is 16.7. The van der Waals surface area contributed by atoms with Crippen molar-refractivity contribution in [3.05, 3.63) is 17.7 Å². The Labute approximate surface area is 112 Å². The van der Waals surface area contributed by atoms with Crippen LogP contribution in [0.4, 0.5) is 4.79 Å². The van der Waals surface area contributed by atoms with Gasteiger partial charge in [-0.25, -0.2) is 4.79 Å². The first kappa shape index (κ1) is 15.1. The minimum Gasteiger partial charge on any atom is -0.504 e. The molecule has 0 atom stereocenters. The molecule has 1 aromatic rings. The van der Waals surface area contributed by atoms with Gasteiger partial charge in [-0.15, -0.1) is 0 Å². The van der Waals surface area contributed by atoms with Crippen LogP contribution in [0, 0.1) is 0 Å². The quantitative estimate of drug-likeness (QED) is 0.645. The van der Waals surface area contributed by atoms with E-state index in [-0.39, 0.29) is 11.5 Å². The number of aromatic hydroxyl groups is 1. The molecular weight excluding hydrogens is 248 g/mol. The maximum Gasteiger partial charge on any atom is 0.511 e. The van der Waals surface area contributed by atoms with Gasteiger partial charge >= 0.3 is 6.16 Å². The summed E-state index contributed by atoms with van der Waals surface area (Å²) >= 11 is 0. The lowest BCUT2D eigenvalue weighted by molar-refractivity contribution is 0.142. The molecule has 0 saturated carbocycles. The van der Waals surface area contributed by atoms with E-state index in [0.717, 1.165) is 6.42 Å². The molecule has 0 radical (unpaired) electrons. The first-order chi connectivity index (χ1) is 8.77. The lowest BCUT2D eigenvalue weighted by Crippen LogP contribution is -2.15. The Hall–Kier alpha value is -1.91. The Morgan fingerprint density at radius 3 is 2.32 bits per heavy atom. The molecule has 5 heteroatoms. The van der Waals surface area contributed by atoms with Crippen molar-refractivity contribution in [1.82, 2.24) is 0 Å². The van der Waals surface area contributed by atoms with Crippen LogP contribution < -0.4 is 9.47 Å². The molecule has 1 rings (SSSR count). The lowest BCUT2D eigenvalue weighted by atomic mass is 9.85. The minimum atomic E-state index is -1.46. The summed E-state index contributed by atoms with van der Waals surface area (Å²) in [4.78, 5) is 10.6. The van der Waals surface area contributed by atoms with E-state index in [2.05, 4.69) is 4.74 Å². The molecule has 0 heterocycles. The maximum absolute atomic E-state index is 10.6. The van der Waals surface area contributed by atoms with Gasteiger partial charge < -0.3 is 19.7 Å². The third-order valence-electron chi connectivity index (χ3n) is 2.51. The number of hydrogen-bond donors (Lipinski definition) is 2. The zero-order valence-corrected chi connectivity index (χ0v) is 11.7. The number of carboxylic acid groups (broad SMARTS) is 1. The summed E-state index contributed by atoms with van der Waals surface area (Å²) in [5.74, 6) is 0.273. The second-order valence-electron chi connectivity index (χ2n) is 5.25. The van der Waals surface area contributed by atoms with E-state index < -0.39 is 11.6 Å². The lowest BCUT2D eigenvalue weighted by Gasteiger charge is -2.24. The molecule has 0 fully saturated rings. The molecule has 0 aromatic heterocycles. The molecule has 0 aliphatic carbocycles. The number of rotatable bonds is 4. The minimum absolute atomic E-state index is 0.0822. The number of benzene rings is 1. The molecule has 0 spiro atoms. The van der Waals surface area contributed by atoms with Crippen LogP contribution in [0.2, 0.25) is 0 Å². The van der Waals surface area contributed by atoms with Crippen LogP contribution in [-0.2, 0) is 5.41 Å². The number of carbonyl (C=O) groups is 1. The summed E-state index contributed by atoms with van der Waals surface area (Å²) in [7, 11) is 0. The first-order valence-corrected chi connectivity index (χ1v) is 6.17. The Balaban J connectivity index is 3.28. The maximum atomic E-state index is 10.6. The van der Waals surface area contributed by atoms with E-state index in [4.69, 9.17) is 9.84 Å². The van der Waals surface area contributed by atoms with Crippen LogP contribution in [-0.4, -0.2) is 23.0 Å². The zero-order chi connectivity index (χ0) is 14.6. The van der Waals surface area contributed by atoms with Gasteiger partial charge in [0.2, 0.25) is 0 Å². The number of ether oxygens (including phenoxy) is 2. The van der Waals surface area contributed by atoms with E-state index in [0.29, 0.717) is 17.9 Å². The van der Waals surface area contributed by atoms with Crippen molar-refractivity contribution in [2.45, 2.75) is 39.5 Å². The van der Waals surface area contributed by atoms with Crippen molar-refractivity contribution in [1.29, 1.82) is 0 Å². The van der Waals surface area contributed by atoms with Gasteiger partial charge in [-0.3, -0.25) is 0 Å². The third-order valence-corrected chi connectivity index (χ3v) is 2.51. The summed E-state index contributed by atoms with van der Waals surface area (Å²) in [6.45, 7) is 8.24. The normalized spacial score (nSPS) is 11.2. The molecule has 5 nitrogen and oxygen atoms in total. The summed E-state index contributed by atoms with van der Waals surface area (Å²) in [6, 6.07) is 3.01. The highest BCUT2D eigenvalue weighted by Crippen LogP contribution is 2.43. The fourth-order valence-electron chi connectivity index (χ4n) is 1.79. The van der Waals surface area contributed by atoms with Crippen molar-refractivity contribution in [2.24, 2.45) is 0 Å². The predicted molar refractivity (Wildman–Crippen MR) is 71.2 cm³/mol. The highest BCUT2D eigenvalue weighted by Gasteiger charge is 2.26. The molecule has 2 N–H and O–H groups in total.